The lowest BCUT2D eigenvalue weighted by Gasteiger charge is -2.17. The van der Waals surface area contributed by atoms with Crippen molar-refractivity contribution in [1.82, 2.24) is 0 Å². The van der Waals surface area contributed by atoms with E-state index in [4.69, 9.17) is 0 Å². The lowest BCUT2D eigenvalue weighted by atomic mass is 10.1. The molecule has 0 radical (unpaired) electrons. The van der Waals surface area contributed by atoms with Crippen LogP contribution in [0.3, 0.4) is 0 Å². The van der Waals surface area contributed by atoms with Gasteiger partial charge in [-0.25, -0.2) is 8.42 Å². The van der Waals surface area contributed by atoms with Gasteiger partial charge in [0.15, 0.2) is 9.84 Å². The van der Waals surface area contributed by atoms with Gasteiger partial charge in [-0.15, -0.1) is 0 Å². The molecule has 0 bridgehead atoms. The summed E-state index contributed by atoms with van der Waals surface area (Å²) in [5.74, 6) is 0. The largest absolute Gasteiger partial charge is 0.416 e. The zero-order chi connectivity index (χ0) is 19.0. The first kappa shape index (κ1) is 19.3. The minimum absolute atomic E-state index is 0.105. The lowest BCUT2D eigenvalue weighted by molar-refractivity contribution is -0.143. The van der Waals surface area contributed by atoms with Crippen LogP contribution in [0.4, 0.5) is 26.3 Å². The molecule has 2 rings (SSSR count). The molecular formula is C16H12F6O2S. The molecule has 136 valence electrons. The van der Waals surface area contributed by atoms with E-state index in [1.807, 2.05) is 0 Å². The molecule has 0 heterocycles. The van der Waals surface area contributed by atoms with Crippen LogP contribution in [0.2, 0.25) is 0 Å². The summed E-state index contributed by atoms with van der Waals surface area (Å²) in [6, 6.07) is 7.86. The highest BCUT2D eigenvalue weighted by molar-refractivity contribution is 7.91. The van der Waals surface area contributed by atoms with Crippen molar-refractivity contribution in [3.05, 3.63) is 65.2 Å². The van der Waals surface area contributed by atoms with E-state index < -0.39 is 43.5 Å². The highest BCUT2D eigenvalue weighted by Crippen LogP contribution is 2.39. The zero-order valence-electron chi connectivity index (χ0n) is 12.7. The Morgan fingerprint density at radius 3 is 1.64 bits per heavy atom. The number of alkyl halides is 6. The Kier molecular flexibility index (Phi) is 4.91. The van der Waals surface area contributed by atoms with E-state index in [2.05, 4.69) is 0 Å². The quantitative estimate of drug-likeness (QED) is 0.679. The van der Waals surface area contributed by atoms with Crippen molar-refractivity contribution < 1.29 is 34.8 Å². The molecule has 1 atom stereocenters. The van der Waals surface area contributed by atoms with Crippen LogP contribution >= 0.6 is 0 Å². The van der Waals surface area contributed by atoms with Crippen molar-refractivity contribution in [3.63, 3.8) is 0 Å². The Balaban J connectivity index is 2.64. The minimum Gasteiger partial charge on any atom is -0.223 e. The first-order valence-electron chi connectivity index (χ1n) is 6.92. The Morgan fingerprint density at radius 2 is 1.24 bits per heavy atom. The summed E-state index contributed by atoms with van der Waals surface area (Å²) in [6.45, 7) is 1.21. The molecule has 0 fully saturated rings. The van der Waals surface area contributed by atoms with Crippen LogP contribution in [0.25, 0.3) is 0 Å². The second-order valence-electron chi connectivity index (χ2n) is 5.34. The summed E-state index contributed by atoms with van der Waals surface area (Å²) in [6.07, 6.45) is -10.2. The van der Waals surface area contributed by atoms with Gasteiger partial charge >= 0.3 is 12.4 Å². The summed E-state index contributed by atoms with van der Waals surface area (Å²) in [5, 5.41) is -1.31. The maximum atomic E-state index is 12.9. The molecule has 0 saturated heterocycles. The smallest absolute Gasteiger partial charge is 0.223 e. The third-order valence-electron chi connectivity index (χ3n) is 3.62. The second kappa shape index (κ2) is 6.36. The zero-order valence-corrected chi connectivity index (χ0v) is 13.5. The first-order chi connectivity index (χ1) is 11.3. The second-order valence-corrected chi connectivity index (χ2v) is 7.61. The Hall–Kier alpha value is -2.03. The lowest BCUT2D eigenvalue weighted by Crippen LogP contribution is -2.16. The third-order valence-corrected chi connectivity index (χ3v) is 5.72. The molecule has 0 N–H and O–H groups in total. The van der Waals surface area contributed by atoms with Crippen LogP contribution in [-0.4, -0.2) is 8.42 Å². The first-order valence-corrected chi connectivity index (χ1v) is 8.46. The minimum atomic E-state index is -5.11. The highest BCUT2D eigenvalue weighted by Gasteiger charge is 2.39. The SMILES string of the molecule is CC(c1ccccc1)S(=O)(=O)c1cc(C(F)(F)F)cc(C(F)(F)F)c1. The monoisotopic (exact) mass is 382 g/mol. The van der Waals surface area contributed by atoms with Crippen molar-refractivity contribution in [2.45, 2.75) is 29.4 Å². The highest BCUT2D eigenvalue weighted by atomic mass is 32.2. The van der Waals surface area contributed by atoms with E-state index in [0.29, 0.717) is 0 Å². The van der Waals surface area contributed by atoms with E-state index in [9.17, 15) is 34.8 Å². The summed E-state index contributed by atoms with van der Waals surface area (Å²) in [5.41, 5.74) is -3.07. The van der Waals surface area contributed by atoms with Crippen molar-refractivity contribution >= 4 is 9.84 Å². The Morgan fingerprint density at radius 1 is 0.800 bits per heavy atom. The molecule has 0 spiro atoms. The van der Waals surface area contributed by atoms with Gasteiger partial charge in [-0.3, -0.25) is 0 Å². The van der Waals surface area contributed by atoms with Gasteiger partial charge in [-0.05, 0) is 30.7 Å². The van der Waals surface area contributed by atoms with E-state index in [0.717, 1.165) is 0 Å². The van der Waals surface area contributed by atoms with Crippen LogP contribution in [0.5, 0.6) is 0 Å². The van der Waals surface area contributed by atoms with E-state index in [1.165, 1.54) is 31.2 Å². The molecule has 0 amide bonds. The molecule has 0 aliphatic heterocycles. The van der Waals surface area contributed by atoms with Gasteiger partial charge in [-0.1, -0.05) is 30.3 Å². The fraction of sp³-hybridized carbons (Fsp3) is 0.250. The predicted octanol–water partition coefficient (Wildman–Crippen LogP) is 5.26. The Bertz CT molecular complexity index is 822. The van der Waals surface area contributed by atoms with Crippen LogP contribution in [-0.2, 0) is 22.2 Å². The molecule has 2 aromatic carbocycles. The van der Waals surface area contributed by atoms with Gasteiger partial charge in [0.2, 0.25) is 0 Å². The van der Waals surface area contributed by atoms with Crippen LogP contribution in [0.1, 0.15) is 28.9 Å². The fourth-order valence-corrected chi connectivity index (χ4v) is 3.70. The topological polar surface area (TPSA) is 34.1 Å². The normalized spacial score (nSPS) is 14.4. The van der Waals surface area contributed by atoms with E-state index in [-0.39, 0.29) is 23.8 Å². The number of hydrogen-bond acceptors (Lipinski definition) is 2. The van der Waals surface area contributed by atoms with Gasteiger partial charge in [0, 0.05) is 0 Å². The maximum absolute atomic E-state index is 12.9. The van der Waals surface area contributed by atoms with Crippen LogP contribution in [0, 0.1) is 0 Å². The average Bonchev–Trinajstić information content (AvgIpc) is 2.53. The summed E-state index contributed by atoms with van der Waals surface area (Å²) < 4.78 is 102. The maximum Gasteiger partial charge on any atom is 0.416 e. The molecule has 25 heavy (non-hydrogen) atoms. The molecule has 0 aliphatic carbocycles. The molecule has 9 heteroatoms. The number of halogens is 6. The van der Waals surface area contributed by atoms with Crippen molar-refractivity contribution in [2.24, 2.45) is 0 Å². The van der Waals surface area contributed by atoms with Gasteiger partial charge in [0.25, 0.3) is 0 Å². The van der Waals surface area contributed by atoms with E-state index in [1.54, 1.807) is 6.07 Å². The Labute approximate surface area is 140 Å². The van der Waals surface area contributed by atoms with Gasteiger partial charge in [-0.2, -0.15) is 26.3 Å². The van der Waals surface area contributed by atoms with Crippen molar-refractivity contribution in [2.75, 3.05) is 0 Å². The fourth-order valence-electron chi connectivity index (χ4n) is 2.20. The molecular weight excluding hydrogens is 370 g/mol. The number of rotatable bonds is 3. The summed E-state index contributed by atoms with van der Waals surface area (Å²) >= 11 is 0. The molecule has 0 aromatic heterocycles. The molecule has 2 nitrogen and oxygen atoms in total. The summed E-state index contributed by atoms with van der Waals surface area (Å²) in [4.78, 5) is -1.02. The summed E-state index contributed by atoms with van der Waals surface area (Å²) in [7, 11) is -4.46. The number of hydrogen-bond donors (Lipinski definition) is 0. The predicted molar refractivity (Wildman–Crippen MR) is 78.5 cm³/mol. The van der Waals surface area contributed by atoms with Gasteiger partial charge in [0.1, 0.15) is 0 Å². The van der Waals surface area contributed by atoms with E-state index >= 15 is 0 Å². The van der Waals surface area contributed by atoms with Crippen LogP contribution < -0.4 is 0 Å². The van der Waals surface area contributed by atoms with Crippen LogP contribution in [0.15, 0.2) is 53.4 Å². The molecule has 0 aliphatic rings. The van der Waals surface area contributed by atoms with Gasteiger partial charge in [0.05, 0.1) is 21.3 Å². The average molecular weight is 382 g/mol. The molecule has 2 aromatic rings. The van der Waals surface area contributed by atoms with Crippen molar-refractivity contribution in [3.8, 4) is 0 Å². The molecule has 1 unspecified atom stereocenters. The molecule has 0 saturated carbocycles. The number of sulfone groups is 1. The standard InChI is InChI=1S/C16H12F6O2S/c1-10(11-5-3-2-4-6-11)25(23,24)14-8-12(15(17,18)19)7-13(9-14)16(20,21)22/h2-10H,1H3. The van der Waals surface area contributed by atoms with Crippen molar-refractivity contribution in [1.29, 1.82) is 0 Å². The number of benzene rings is 2. The third kappa shape index (κ3) is 4.15. The van der Waals surface area contributed by atoms with Gasteiger partial charge < -0.3 is 0 Å².